The van der Waals surface area contributed by atoms with Crippen molar-refractivity contribution < 1.29 is 0 Å². The van der Waals surface area contributed by atoms with E-state index in [1.54, 1.807) is 17.2 Å². The van der Waals surface area contributed by atoms with E-state index in [2.05, 4.69) is 27.3 Å². The molecule has 0 spiro atoms. The van der Waals surface area contributed by atoms with Crippen LogP contribution in [0.2, 0.25) is 0 Å². The van der Waals surface area contributed by atoms with E-state index in [0.717, 1.165) is 17.1 Å². The summed E-state index contributed by atoms with van der Waals surface area (Å²) < 4.78 is 1.74. The van der Waals surface area contributed by atoms with Gasteiger partial charge in [-0.2, -0.15) is 5.10 Å². The maximum Gasteiger partial charge on any atom is 0.138 e. The summed E-state index contributed by atoms with van der Waals surface area (Å²) in [5.41, 5.74) is 2.96. The molecule has 0 bridgehead atoms. The molecule has 1 unspecified atom stereocenters. The average Bonchev–Trinajstić information content (AvgIpc) is 3.03. The van der Waals surface area contributed by atoms with E-state index in [9.17, 15) is 0 Å². The van der Waals surface area contributed by atoms with Crippen LogP contribution in [-0.4, -0.2) is 19.7 Å². The highest BCUT2D eigenvalue weighted by molar-refractivity contribution is 5.61. The van der Waals surface area contributed by atoms with Crippen LogP contribution < -0.4 is 5.32 Å². The van der Waals surface area contributed by atoms with E-state index in [1.807, 2.05) is 42.5 Å². The van der Waals surface area contributed by atoms with Gasteiger partial charge in [0.1, 0.15) is 12.7 Å². The summed E-state index contributed by atoms with van der Waals surface area (Å²) in [5, 5.41) is 7.64. The number of nitrogens with zero attached hydrogens (tertiary/aromatic N) is 4. The van der Waals surface area contributed by atoms with Crippen LogP contribution in [0.4, 0.5) is 5.69 Å². The lowest BCUT2D eigenvalue weighted by Crippen LogP contribution is -2.10. The van der Waals surface area contributed by atoms with Crippen molar-refractivity contribution in [2.75, 3.05) is 5.32 Å². The van der Waals surface area contributed by atoms with Gasteiger partial charge in [0.25, 0.3) is 0 Å². The summed E-state index contributed by atoms with van der Waals surface area (Å²) in [5.74, 6) is 0. The fraction of sp³-hybridized carbons (Fsp3) is 0.133. The van der Waals surface area contributed by atoms with Crippen molar-refractivity contribution in [1.82, 2.24) is 19.7 Å². The molecule has 5 heteroatoms. The van der Waals surface area contributed by atoms with Crippen molar-refractivity contribution in [3.8, 4) is 5.69 Å². The third-order valence-electron chi connectivity index (χ3n) is 3.07. The van der Waals surface area contributed by atoms with Crippen LogP contribution in [0.3, 0.4) is 0 Å². The van der Waals surface area contributed by atoms with E-state index in [1.165, 1.54) is 6.33 Å². The zero-order chi connectivity index (χ0) is 13.8. The normalized spacial score (nSPS) is 12.1. The Labute approximate surface area is 117 Å². The van der Waals surface area contributed by atoms with Crippen molar-refractivity contribution in [1.29, 1.82) is 0 Å². The van der Waals surface area contributed by atoms with E-state index in [4.69, 9.17) is 0 Å². The molecule has 3 rings (SSSR count). The second-order valence-electron chi connectivity index (χ2n) is 4.48. The van der Waals surface area contributed by atoms with Crippen molar-refractivity contribution in [2.45, 2.75) is 13.0 Å². The van der Waals surface area contributed by atoms with Crippen molar-refractivity contribution in [3.63, 3.8) is 0 Å². The van der Waals surface area contributed by atoms with Gasteiger partial charge in [-0.1, -0.05) is 18.2 Å². The molecule has 2 heterocycles. The van der Waals surface area contributed by atoms with Crippen LogP contribution in [0.1, 0.15) is 18.7 Å². The van der Waals surface area contributed by atoms with E-state index >= 15 is 0 Å². The fourth-order valence-electron chi connectivity index (χ4n) is 2.07. The lowest BCUT2D eigenvalue weighted by molar-refractivity contribution is 0.826. The average molecular weight is 265 g/mol. The number of benzene rings is 1. The predicted octanol–water partition coefficient (Wildman–Crippen LogP) is 2.84. The molecule has 0 saturated carbocycles. The van der Waals surface area contributed by atoms with Gasteiger partial charge in [0.05, 0.1) is 23.1 Å². The summed E-state index contributed by atoms with van der Waals surface area (Å²) in [6.07, 6.45) is 5.02. The first kappa shape index (κ1) is 12.3. The van der Waals surface area contributed by atoms with Crippen LogP contribution in [0.15, 0.2) is 61.3 Å². The lowest BCUT2D eigenvalue weighted by Gasteiger charge is -2.17. The highest BCUT2D eigenvalue weighted by Gasteiger charge is 2.10. The van der Waals surface area contributed by atoms with Crippen LogP contribution in [0, 0.1) is 0 Å². The van der Waals surface area contributed by atoms with E-state index in [-0.39, 0.29) is 6.04 Å². The standard InChI is InChI=1S/C15H15N5/c1-12(13-6-4-5-9-17-13)19-14-7-2-3-8-15(14)20-11-16-10-18-20/h2-12,19H,1H3. The van der Waals surface area contributed by atoms with Crippen LogP contribution in [0.5, 0.6) is 0 Å². The van der Waals surface area contributed by atoms with Crippen LogP contribution in [0.25, 0.3) is 5.69 Å². The van der Waals surface area contributed by atoms with Crippen molar-refractivity contribution >= 4 is 5.69 Å². The van der Waals surface area contributed by atoms with Crippen molar-refractivity contribution in [2.24, 2.45) is 0 Å². The summed E-state index contributed by atoms with van der Waals surface area (Å²) in [6.45, 7) is 2.08. The Morgan fingerprint density at radius 3 is 2.70 bits per heavy atom. The number of pyridine rings is 1. The molecule has 1 N–H and O–H groups in total. The topological polar surface area (TPSA) is 55.6 Å². The number of para-hydroxylation sites is 2. The number of rotatable bonds is 4. The van der Waals surface area contributed by atoms with Gasteiger partial charge in [-0.05, 0) is 31.2 Å². The molecule has 20 heavy (non-hydrogen) atoms. The minimum absolute atomic E-state index is 0.112. The number of hydrogen-bond acceptors (Lipinski definition) is 4. The maximum absolute atomic E-state index is 4.37. The summed E-state index contributed by atoms with van der Waals surface area (Å²) in [6, 6.07) is 14.0. The number of aromatic nitrogens is 4. The lowest BCUT2D eigenvalue weighted by atomic mass is 10.2. The van der Waals surface area contributed by atoms with E-state index in [0.29, 0.717) is 0 Å². The molecule has 100 valence electrons. The Morgan fingerprint density at radius 1 is 1.10 bits per heavy atom. The molecule has 5 nitrogen and oxygen atoms in total. The minimum Gasteiger partial charge on any atom is -0.375 e. The molecule has 0 fully saturated rings. The Morgan fingerprint density at radius 2 is 1.95 bits per heavy atom. The largest absolute Gasteiger partial charge is 0.375 e. The summed E-state index contributed by atoms with van der Waals surface area (Å²) in [4.78, 5) is 8.36. The first-order chi connectivity index (χ1) is 9.84. The number of hydrogen-bond donors (Lipinski definition) is 1. The molecule has 0 aliphatic rings. The van der Waals surface area contributed by atoms with Gasteiger partial charge in [0.15, 0.2) is 0 Å². The quantitative estimate of drug-likeness (QED) is 0.788. The fourth-order valence-corrected chi connectivity index (χ4v) is 2.07. The molecule has 3 aromatic rings. The first-order valence-corrected chi connectivity index (χ1v) is 6.46. The Balaban J connectivity index is 1.88. The van der Waals surface area contributed by atoms with Gasteiger partial charge in [-0.25, -0.2) is 9.67 Å². The molecule has 0 amide bonds. The van der Waals surface area contributed by atoms with Gasteiger partial charge in [-0.15, -0.1) is 0 Å². The molecule has 2 aromatic heterocycles. The smallest absolute Gasteiger partial charge is 0.138 e. The monoisotopic (exact) mass is 265 g/mol. The predicted molar refractivity (Wildman–Crippen MR) is 77.6 cm³/mol. The SMILES string of the molecule is CC(Nc1ccccc1-n1cncn1)c1ccccn1. The molecule has 1 atom stereocenters. The Bertz CT molecular complexity index is 664. The Hall–Kier alpha value is -2.69. The summed E-state index contributed by atoms with van der Waals surface area (Å²) in [7, 11) is 0. The Kier molecular flexibility index (Phi) is 3.41. The number of anilines is 1. The van der Waals surface area contributed by atoms with Gasteiger partial charge in [0, 0.05) is 6.20 Å². The molecule has 1 aromatic carbocycles. The molecule has 0 aliphatic heterocycles. The highest BCUT2D eigenvalue weighted by atomic mass is 15.3. The second-order valence-corrected chi connectivity index (χ2v) is 4.48. The van der Waals surface area contributed by atoms with Gasteiger partial charge < -0.3 is 5.32 Å². The molecular formula is C15H15N5. The van der Waals surface area contributed by atoms with Gasteiger partial charge in [0.2, 0.25) is 0 Å². The first-order valence-electron chi connectivity index (χ1n) is 6.46. The van der Waals surface area contributed by atoms with Crippen LogP contribution in [-0.2, 0) is 0 Å². The second kappa shape index (κ2) is 5.52. The van der Waals surface area contributed by atoms with Gasteiger partial charge >= 0.3 is 0 Å². The van der Waals surface area contributed by atoms with Gasteiger partial charge in [-0.3, -0.25) is 4.98 Å². The highest BCUT2D eigenvalue weighted by Crippen LogP contribution is 2.23. The molecular weight excluding hydrogens is 250 g/mol. The van der Waals surface area contributed by atoms with Crippen LogP contribution >= 0.6 is 0 Å². The van der Waals surface area contributed by atoms with Crippen molar-refractivity contribution in [3.05, 3.63) is 67.0 Å². The zero-order valence-corrected chi connectivity index (χ0v) is 11.1. The summed E-state index contributed by atoms with van der Waals surface area (Å²) >= 11 is 0. The number of nitrogens with one attached hydrogen (secondary N) is 1. The molecule has 0 aliphatic carbocycles. The third kappa shape index (κ3) is 2.51. The zero-order valence-electron chi connectivity index (χ0n) is 11.1. The maximum atomic E-state index is 4.37. The molecule has 0 radical (unpaired) electrons. The van der Waals surface area contributed by atoms with E-state index < -0.39 is 0 Å². The third-order valence-corrected chi connectivity index (χ3v) is 3.07. The molecule has 0 saturated heterocycles. The minimum atomic E-state index is 0.112.